The zero-order valence-electron chi connectivity index (χ0n) is 21.9. The van der Waals surface area contributed by atoms with Crippen LogP contribution in [0.15, 0.2) is 83.4 Å². The number of ether oxygens (including phenoxy) is 2. The molecule has 0 spiro atoms. The summed E-state index contributed by atoms with van der Waals surface area (Å²) < 4.78 is 16.2. The lowest BCUT2D eigenvalue weighted by atomic mass is 10.1. The molecule has 9 nitrogen and oxygen atoms in total. The largest absolute Gasteiger partial charge is 0.488 e. The third-order valence-electron chi connectivity index (χ3n) is 6.09. The van der Waals surface area contributed by atoms with Crippen LogP contribution in [0.1, 0.15) is 56.3 Å². The third-order valence-corrected chi connectivity index (χ3v) is 6.09. The normalized spacial score (nSPS) is 11.4. The lowest BCUT2D eigenvalue weighted by Gasteiger charge is -2.16. The molecule has 0 aliphatic carbocycles. The van der Waals surface area contributed by atoms with E-state index < -0.39 is 18.5 Å². The summed E-state index contributed by atoms with van der Waals surface area (Å²) in [5.74, 6) is -0.718. The van der Waals surface area contributed by atoms with Crippen molar-refractivity contribution in [3.05, 3.63) is 113 Å². The highest BCUT2D eigenvalue weighted by Gasteiger charge is 2.19. The predicted molar refractivity (Wildman–Crippen MR) is 144 cm³/mol. The average molecular weight is 528 g/mol. The van der Waals surface area contributed by atoms with Crippen LogP contribution in [0.4, 0.5) is 5.69 Å². The van der Waals surface area contributed by atoms with Crippen LogP contribution in [0.3, 0.4) is 0 Å². The molecule has 0 aliphatic heterocycles. The lowest BCUT2D eigenvalue weighted by Crippen LogP contribution is -2.28. The minimum absolute atomic E-state index is 0.160. The van der Waals surface area contributed by atoms with Gasteiger partial charge in [0, 0.05) is 0 Å². The summed E-state index contributed by atoms with van der Waals surface area (Å²) in [4.78, 5) is 38.3. The summed E-state index contributed by atoms with van der Waals surface area (Å²) in [6, 6.07) is 22.5. The number of aromatic nitrogens is 1. The molecule has 1 heterocycles. The van der Waals surface area contributed by atoms with E-state index in [1.165, 1.54) is 0 Å². The van der Waals surface area contributed by atoms with E-state index in [1.54, 1.807) is 62.4 Å². The first kappa shape index (κ1) is 27.1. The van der Waals surface area contributed by atoms with Crippen molar-refractivity contribution in [1.82, 2.24) is 10.5 Å². The number of amides is 2. The fourth-order valence-corrected chi connectivity index (χ4v) is 3.90. The number of rotatable bonds is 10. The van der Waals surface area contributed by atoms with Gasteiger partial charge in [-0.15, -0.1) is 0 Å². The van der Waals surface area contributed by atoms with Crippen molar-refractivity contribution in [2.75, 3.05) is 11.9 Å². The van der Waals surface area contributed by atoms with Crippen LogP contribution < -0.4 is 15.4 Å². The van der Waals surface area contributed by atoms with Crippen molar-refractivity contribution in [2.24, 2.45) is 0 Å². The Morgan fingerprint density at radius 1 is 0.897 bits per heavy atom. The number of esters is 1. The number of hydrogen-bond acceptors (Lipinski definition) is 7. The van der Waals surface area contributed by atoms with E-state index in [0.29, 0.717) is 22.9 Å². The molecule has 3 aromatic carbocycles. The molecule has 200 valence electrons. The molecule has 2 N–H and O–H groups in total. The maximum Gasteiger partial charge on any atom is 0.342 e. The second kappa shape index (κ2) is 12.6. The minimum Gasteiger partial charge on any atom is -0.488 e. The minimum atomic E-state index is -0.720. The van der Waals surface area contributed by atoms with Crippen molar-refractivity contribution >= 4 is 23.5 Å². The second-order valence-electron chi connectivity index (χ2n) is 8.86. The van der Waals surface area contributed by atoms with E-state index in [9.17, 15) is 14.4 Å². The first-order valence-electron chi connectivity index (χ1n) is 12.4. The lowest BCUT2D eigenvalue weighted by molar-refractivity contribution is -0.119. The van der Waals surface area contributed by atoms with Crippen LogP contribution >= 0.6 is 0 Å². The van der Waals surface area contributed by atoms with Crippen LogP contribution in [0, 0.1) is 13.8 Å². The molecule has 0 fully saturated rings. The van der Waals surface area contributed by atoms with Crippen molar-refractivity contribution in [3.63, 3.8) is 0 Å². The molecular weight excluding hydrogens is 498 g/mol. The predicted octanol–water partition coefficient (Wildman–Crippen LogP) is 5.16. The molecular formula is C30H29N3O6. The van der Waals surface area contributed by atoms with Gasteiger partial charge in [-0.1, -0.05) is 59.8 Å². The zero-order chi connectivity index (χ0) is 27.8. The molecule has 39 heavy (non-hydrogen) atoms. The second-order valence-corrected chi connectivity index (χ2v) is 8.86. The van der Waals surface area contributed by atoms with Gasteiger partial charge in [-0.2, -0.15) is 0 Å². The van der Waals surface area contributed by atoms with E-state index in [0.717, 1.165) is 11.1 Å². The maximum absolute atomic E-state index is 12.9. The smallest absolute Gasteiger partial charge is 0.342 e. The molecule has 0 radical (unpaired) electrons. The van der Waals surface area contributed by atoms with Crippen LogP contribution in [0.25, 0.3) is 0 Å². The number of aryl methyl sites for hydroxylation is 2. The Kier molecular flexibility index (Phi) is 8.73. The monoisotopic (exact) mass is 527 g/mol. The number of nitrogens with zero attached hydrogens (tertiary/aromatic N) is 1. The molecule has 1 atom stereocenters. The van der Waals surface area contributed by atoms with Crippen LogP contribution in [-0.2, 0) is 16.1 Å². The molecule has 0 bridgehead atoms. The first-order chi connectivity index (χ1) is 18.8. The van der Waals surface area contributed by atoms with Gasteiger partial charge in [0.1, 0.15) is 23.7 Å². The summed E-state index contributed by atoms with van der Waals surface area (Å²) in [6.07, 6.45) is 0. The summed E-state index contributed by atoms with van der Waals surface area (Å²) in [5, 5.41) is 9.49. The number of carbonyl (C=O) groups is 3. The fraction of sp³-hybridized carbons (Fsp3) is 0.200. The maximum atomic E-state index is 12.9. The van der Waals surface area contributed by atoms with E-state index in [4.69, 9.17) is 14.0 Å². The molecule has 0 unspecified atom stereocenters. The van der Waals surface area contributed by atoms with Crippen LogP contribution in [-0.4, -0.2) is 29.5 Å². The topological polar surface area (TPSA) is 120 Å². The average Bonchev–Trinajstić information content (AvgIpc) is 3.27. The number of carbonyl (C=O) groups excluding carboxylic acids is 3. The van der Waals surface area contributed by atoms with Gasteiger partial charge >= 0.3 is 5.97 Å². The van der Waals surface area contributed by atoms with Gasteiger partial charge in [-0.3, -0.25) is 9.59 Å². The van der Waals surface area contributed by atoms with Gasteiger partial charge in [0.25, 0.3) is 11.8 Å². The Balaban J connectivity index is 1.36. The number of hydrogen-bond donors (Lipinski definition) is 2. The van der Waals surface area contributed by atoms with Crippen molar-refractivity contribution in [1.29, 1.82) is 0 Å². The summed E-state index contributed by atoms with van der Waals surface area (Å²) in [5.41, 5.74) is 3.21. The van der Waals surface area contributed by atoms with Crippen LogP contribution in [0.5, 0.6) is 5.75 Å². The number of benzene rings is 3. The number of nitrogens with one attached hydrogen (secondary N) is 2. The van der Waals surface area contributed by atoms with Crippen molar-refractivity contribution in [2.45, 2.75) is 33.4 Å². The molecule has 0 saturated carbocycles. The molecule has 2 amide bonds. The van der Waals surface area contributed by atoms with Crippen molar-refractivity contribution < 1.29 is 28.4 Å². The Bertz CT molecular complexity index is 1450. The van der Waals surface area contributed by atoms with Gasteiger partial charge in [0.15, 0.2) is 6.61 Å². The van der Waals surface area contributed by atoms with Gasteiger partial charge in [-0.05, 0) is 50.6 Å². The number of anilines is 1. The molecule has 0 aliphatic rings. The Hall–Kier alpha value is -4.92. The van der Waals surface area contributed by atoms with Crippen LogP contribution in [0.2, 0.25) is 0 Å². The highest BCUT2D eigenvalue weighted by atomic mass is 16.5. The first-order valence-corrected chi connectivity index (χ1v) is 12.4. The Labute approximate surface area is 226 Å². The summed E-state index contributed by atoms with van der Waals surface area (Å²) in [6.45, 7) is 5.08. The quantitative estimate of drug-likeness (QED) is 0.274. The van der Waals surface area contributed by atoms with E-state index in [-0.39, 0.29) is 29.7 Å². The van der Waals surface area contributed by atoms with E-state index in [2.05, 4.69) is 15.8 Å². The number of para-hydroxylation sites is 2. The van der Waals surface area contributed by atoms with Gasteiger partial charge < -0.3 is 24.6 Å². The van der Waals surface area contributed by atoms with Gasteiger partial charge in [-0.25, -0.2) is 4.79 Å². The fourth-order valence-electron chi connectivity index (χ4n) is 3.90. The summed E-state index contributed by atoms with van der Waals surface area (Å²) >= 11 is 0. The van der Waals surface area contributed by atoms with Gasteiger partial charge in [0.05, 0.1) is 28.6 Å². The standard InChI is InChI=1S/C30H29N3O6/c1-19(22-11-5-4-6-12-22)31-29(35)23-13-7-9-15-26(23)32-28(34)18-38-30(36)24-14-8-10-16-27(24)37-17-25-20(2)33-39-21(25)3/h4-16,19H,17-18H2,1-3H3,(H,31,35)(H,32,34)/t19-/m1/s1. The molecule has 4 rings (SSSR count). The molecule has 9 heteroatoms. The Morgan fingerprint density at radius 3 is 2.28 bits per heavy atom. The Morgan fingerprint density at radius 2 is 1.56 bits per heavy atom. The molecule has 4 aromatic rings. The zero-order valence-corrected chi connectivity index (χ0v) is 21.9. The highest BCUT2D eigenvalue weighted by Crippen LogP contribution is 2.23. The van der Waals surface area contributed by atoms with Crippen molar-refractivity contribution in [3.8, 4) is 5.75 Å². The molecule has 1 aromatic heterocycles. The SMILES string of the molecule is Cc1noc(C)c1COc1ccccc1C(=O)OCC(=O)Nc1ccccc1C(=O)N[C@H](C)c1ccccc1. The van der Waals surface area contributed by atoms with Gasteiger partial charge in [0.2, 0.25) is 0 Å². The van der Waals surface area contributed by atoms with E-state index in [1.807, 2.05) is 37.3 Å². The highest BCUT2D eigenvalue weighted by molar-refractivity contribution is 6.04. The molecule has 0 saturated heterocycles. The summed E-state index contributed by atoms with van der Waals surface area (Å²) in [7, 11) is 0. The van der Waals surface area contributed by atoms with E-state index >= 15 is 0 Å². The third kappa shape index (κ3) is 6.89.